The third-order valence-electron chi connectivity index (χ3n) is 3.94. The standard InChI is InChI=1S/C16H21N3O3/c1-12(20)19-10-9-18(11-14(19)16(17)22)15(21)8-7-13-5-3-2-4-6-13/h2-6,14H,7-11H2,1H3,(H2,17,22)/t14-/m1/s1. The Hall–Kier alpha value is -2.37. The largest absolute Gasteiger partial charge is 0.368 e. The molecule has 0 saturated carbocycles. The molecule has 0 spiro atoms. The fourth-order valence-corrected chi connectivity index (χ4v) is 2.68. The number of nitrogens with zero attached hydrogens (tertiary/aromatic N) is 2. The lowest BCUT2D eigenvalue weighted by molar-refractivity contribution is -0.146. The first kappa shape index (κ1) is 16.0. The van der Waals surface area contributed by atoms with Crippen LogP contribution in [0.4, 0.5) is 0 Å². The number of piperazine rings is 1. The number of primary amides is 1. The molecule has 0 aliphatic carbocycles. The number of carbonyl (C=O) groups excluding carboxylic acids is 3. The number of rotatable bonds is 4. The monoisotopic (exact) mass is 303 g/mol. The zero-order chi connectivity index (χ0) is 16.1. The first-order valence-corrected chi connectivity index (χ1v) is 7.37. The first-order chi connectivity index (χ1) is 10.5. The molecular weight excluding hydrogens is 282 g/mol. The lowest BCUT2D eigenvalue weighted by Gasteiger charge is -2.39. The van der Waals surface area contributed by atoms with Gasteiger partial charge in [0, 0.05) is 26.4 Å². The average Bonchev–Trinajstić information content (AvgIpc) is 2.52. The van der Waals surface area contributed by atoms with E-state index in [-0.39, 0.29) is 18.4 Å². The first-order valence-electron chi connectivity index (χ1n) is 7.37. The molecule has 1 aliphatic heterocycles. The third-order valence-corrected chi connectivity index (χ3v) is 3.94. The predicted molar refractivity (Wildman–Crippen MR) is 81.7 cm³/mol. The summed E-state index contributed by atoms with van der Waals surface area (Å²) >= 11 is 0. The molecular formula is C16H21N3O3. The van der Waals surface area contributed by atoms with Gasteiger partial charge in [-0.25, -0.2) is 0 Å². The fraction of sp³-hybridized carbons (Fsp3) is 0.438. The second kappa shape index (κ2) is 7.06. The summed E-state index contributed by atoms with van der Waals surface area (Å²) in [5.74, 6) is -0.783. The lowest BCUT2D eigenvalue weighted by Crippen LogP contribution is -2.60. The molecule has 0 unspecified atom stereocenters. The Balaban J connectivity index is 1.94. The zero-order valence-corrected chi connectivity index (χ0v) is 12.7. The summed E-state index contributed by atoms with van der Waals surface area (Å²) in [6.07, 6.45) is 1.05. The molecule has 6 heteroatoms. The van der Waals surface area contributed by atoms with Gasteiger partial charge in [0.1, 0.15) is 6.04 Å². The van der Waals surface area contributed by atoms with Crippen LogP contribution in [0.15, 0.2) is 30.3 Å². The molecule has 6 nitrogen and oxygen atoms in total. The topological polar surface area (TPSA) is 83.7 Å². The Kier molecular flexibility index (Phi) is 5.14. The molecule has 1 fully saturated rings. The maximum absolute atomic E-state index is 12.3. The lowest BCUT2D eigenvalue weighted by atomic mass is 10.1. The molecule has 1 saturated heterocycles. The van der Waals surface area contributed by atoms with E-state index in [0.717, 1.165) is 5.56 Å². The molecule has 1 aromatic carbocycles. The number of aryl methyl sites for hydroxylation is 1. The number of benzene rings is 1. The van der Waals surface area contributed by atoms with Crippen LogP contribution >= 0.6 is 0 Å². The van der Waals surface area contributed by atoms with Gasteiger partial charge in [-0.15, -0.1) is 0 Å². The van der Waals surface area contributed by atoms with Gasteiger partial charge in [0.15, 0.2) is 0 Å². The number of carbonyl (C=O) groups is 3. The van der Waals surface area contributed by atoms with Crippen molar-refractivity contribution in [2.45, 2.75) is 25.8 Å². The van der Waals surface area contributed by atoms with E-state index < -0.39 is 11.9 Å². The molecule has 2 N–H and O–H groups in total. The minimum absolute atomic E-state index is 0.0155. The van der Waals surface area contributed by atoms with Gasteiger partial charge in [-0.2, -0.15) is 0 Å². The van der Waals surface area contributed by atoms with Crippen molar-refractivity contribution in [2.24, 2.45) is 5.73 Å². The Morgan fingerprint density at radius 3 is 2.45 bits per heavy atom. The molecule has 2 rings (SSSR count). The van der Waals surface area contributed by atoms with Gasteiger partial charge in [-0.05, 0) is 12.0 Å². The Morgan fingerprint density at radius 2 is 1.86 bits per heavy atom. The van der Waals surface area contributed by atoms with Gasteiger partial charge in [0.2, 0.25) is 17.7 Å². The minimum Gasteiger partial charge on any atom is -0.368 e. The average molecular weight is 303 g/mol. The molecule has 22 heavy (non-hydrogen) atoms. The summed E-state index contributed by atoms with van der Waals surface area (Å²) in [6, 6.07) is 9.04. The molecule has 0 aromatic heterocycles. The molecule has 0 radical (unpaired) electrons. The van der Waals surface area contributed by atoms with E-state index in [1.165, 1.54) is 11.8 Å². The minimum atomic E-state index is -0.730. The van der Waals surface area contributed by atoms with E-state index in [4.69, 9.17) is 5.73 Å². The SMILES string of the molecule is CC(=O)N1CCN(C(=O)CCc2ccccc2)C[C@@H]1C(N)=O. The highest BCUT2D eigenvalue weighted by Crippen LogP contribution is 2.12. The van der Waals surface area contributed by atoms with E-state index in [0.29, 0.717) is 25.9 Å². The number of amides is 3. The van der Waals surface area contributed by atoms with Crippen LogP contribution in [0.2, 0.25) is 0 Å². The van der Waals surface area contributed by atoms with Crippen molar-refractivity contribution >= 4 is 17.7 Å². The van der Waals surface area contributed by atoms with Crippen LogP contribution in [0.3, 0.4) is 0 Å². The maximum Gasteiger partial charge on any atom is 0.242 e. The number of nitrogens with two attached hydrogens (primary N) is 1. The Labute approximate surface area is 129 Å². The highest BCUT2D eigenvalue weighted by molar-refractivity contribution is 5.87. The van der Waals surface area contributed by atoms with Crippen LogP contribution in [-0.2, 0) is 20.8 Å². The van der Waals surface area contributed by atoms with Gasteiger partial charge < -0.3 is 15.5 Å². The molecule has 118 valence electrons. The smallest absolute Gasteiger partial charge is 0.242 e. The van der Waals surface area contributed by atoms with Crippen LogP contribution < -0.4 is 5.73 Å². The van der Waals surface area contributed by atoms with Gasteiger partial charge in [-0.3, -0.25) is 14.4 Å². The third kappa shape index (κ3) is 3.84. The Bertz CT molecular complexity index is 559. The second-order valence-electron chi connectivity index (χ2n) is 5.46. The molecule has 1 atom stereocenters. The van der Waals surface area contributed by atoms with Crippen LogP contribution in [0.5, 0.6) is 0 Å². The van der Waals surface area contributed by atoms with Gasteiger partial charge in [0.25, 0.3) is 0 Å². The predicted octanol–water partition coefficient (Wildman–Crippen LogP) is 0.164. The van der Waals surface area contributed by atoms with Crippen molar-refractivity contribution < 1.29 is 14.4 Å². The summed E-state index contributed by atoms with van der Waals surface area (Å²) in [6.45, 7) is 2.38. The number of hydrogen-bond donors (Lipinski definition) is 1. The van der Waals surface area contributed by atoms with Gasteiger partial charge in [0.05, 0.1) is 6.54 Å². The van der Waals surface area contributed by atoms with Crippen LogP contribution in [0, 0.1) is 0 Å². The second-order valence-corrected chi connectivity index (χ2v) is 5.46. The van der Waals surface area contributed by atoms with Gasteiger partial charge >= 0.3 is 0 Å². The highest BCUT2D eigenvalue weighted by atomic mass is 16.2. The quantitative estimate of drug-likeness (QED) is 0.860. The molecule has 1 aromatic rings. The fourth-order valence-electron chi connectivity index (χ4n) is 2.68. The van der Waals surface area contributed by atoms with Crippen molar-refractivity contribution in [3.8, 4) is 0 Å². The van der Waals surface area contributed by atoms with Crippen molar-refractivity contribution in [2.75, 3.05) is 19.6 Å². The maximum atomic E-state index is 12.3. The van der Waals surface area contributed by atoms with Gasteiger partial charge in [-0.1, -0.05) is 30.3 Å². The zero-order valence-electron chi connectivity index (χ0n) is 12.7. The van der Waals surface area contributed by atoms with Crippen LogP contribution in [0.25, 0.3) is 0 Å². The van der Waals surface area contributed by atoms with E-state index in [2.05, 4.69) is 0 Å². The Morgan fingerprint density at radius 1 is 1.18 bits per heavy atom. The van der Waals surface area contributed by atoms with Crippen LogP contribution in [0.1, 0.15) is 18.9 Å². The molecule has 0 bridgehead atoms. The number of hydrogen-bond acceptors (Lipinski definition) is 3. The molecule has 1 heterocycles. The molecule has 3 amide bonds. The van der Waals surface area contributed by atoms with Crippen molar-refractivity contribution in [1.29, 1.82) is 0 Å². The van der Waals surface area contributed by atoms with E-state index in [9.17, 15) is 14.4 Å². The summed E-state index contributed by atoms with van der Waals surface area (Å²) in [4.78, 5) is 38.4. The van der Waals surface area contributed by atoms with Crippen molar-refractivity contribution in [1.82, 2.24) is 9.80 Å². The summed E-state index contributed by atoms with van der Waals surface area (Å²) in [5.41, 5.74) is 6.45. The molecule has 1 aliphatic rings. The van der Waals surface area contributed by atoms with E-state index in [1.807, 2.05) is 30.3 Å². The van der Waals surface area contributed by atoms with E-state index >= 15 is 0 Å². The summed E-state index contributed by atoms with van der Waals surface area (Å²) in [7, 11) is 0. The normalized spacial score (nSPS) is 18.1. The van der Waals surface area contributed by atoms with Crippen molar-refractivity contribution in [3.63, 3.8) is 0 Å². The summed E-state index contributed by atoms with van der Waals surface area (Å²) < 4.78 is 0. The van der Waals surface area contributed by atoms with E-state index in [1.54, 1.807) is 4.90 Å². The summed E-state index contributed by atoms with van der Waals surface area (Å²) in [5, 5.41) is 0. The highest BCUT2D eigenvalue weighted by Gasteiger charge is 2.34. The van der Waals surface area contributed by atoms with Crippen LogP contribution in [-0.4, -0.2) is 53.2 Å². The van der Waals surface area contributed by atoms with Crippen molar-refractivity contribution in [3.05, 3.63) is 35.9 Å².